The molecule has 248 valence electrons. The molecule has 1 aliphatic rings. The number of aromatic nitrogens is 2. The molecule has 2 aromatic heterocycles. The van der Waals surface area contributed by atoms with E-state index in [4.69, 9.17) is 19.2 Å². The Morgan fingerprint density at radius 3 is 1.78 bits per heavy atom. The number of hydrogen-bond acceptors (Lipinski definition) is 7. The third kappa shape index (κ3) is 6.88. The Balaban J connectivity index is 0.00000417. The second-order valence-electron chi connectivity index (χ2n) is 12.7. The van der Waals surface area contributed by atoms with Gasteiger partial charge in [0.05, 0.1) is 16.9 Å². The number of hydrogen-bond donors (Lipinski definition) is 0. The summed E-state index contributed by atoms with van der Waals surface area (Å²) in [7, 11) is -3.87. The molecule has 6 nitrogen and oxygen atoms in total. The van der Waals surface area contributed by atoms with E-state index in [2.05, 4.69) is 26.0 Å². The summed E-state index contributed by atoms with van der Waals surface area (Å²) >= 11 is 1.08. The van der Waals surface area contributed by atoms with Crippen molar-refractivity contribution in [1.29, 1.82) is 0 Å². The fraction of sp³-hybridized carbons (Fsp3) is 0.150. The molecule has 9 heteroatoms. The van der Waals surface area contributed by atoms with Gasteiger partial charge >= 0.3 is 21.1 Å². The molecule has 8 bridgehead atoms. The quantitative estimate of drug-likeness (QED) is 0.0716. The summed E-state index contributed by atoms with van der Waals surface area (Å²) in [6.45, 7) is 8.24. The van der Waals surface area contributed by atoms with Crippen LogP contribution in [0, 0.1) is 12.1 Å². The smallest absolute Gasteiger partial charge is 0.325 e. The van der Waals surface area contributed by atoms with Crippen LogP contribution < -0.4 is 4.89 Å². The monoisotopic (exact) mass is 863 g/mol. The maximum absolute atomic E-state index is 14.1. The maximum atomic E-state index is 14.1. The van der Waals surface area contributed by atoms with Crippen molar-refractivity contribution < 1.29 is 38.7 Å². The van der Waals surface area contributed by atoms with Crippen molar-refractivity contribution in [2.45, 2.75) is 53.2 Å². The first-order chi connectivity index (χ1) is 23.0. The first kappa shape index (κ1) is 34.8. The van der Waals surface area contributed by atoms with Crippen LogP contribution in [0.3, 0.4) is 0 Å². The van der Waals surface area contributed by atoms with Gasteiger partial charge in [0, 0.05) is 16.8 Å². The molecule has 0 aliphatic carbocycles. The fourth-order valence-electron chi connectivity index (χ4n) is 5.69. The Morgan fingerprint density at radius 2 is 1.16 bits per heavy atom. The van der Waals surface area contributed by atoms with Crippen LogP contribution in [0.4, 0.5) is 0 Å². The topological polar surface area (TPSA) is 78.4 Å². The molecule has 0 saturated heterocycles. The molecule has 7 rings (SSSR count). The molecule has 0 fully saturated rings. The molecule has 0 spiro atoms. The van der Waals surface area contributed by atoms with Crippen molar-refractivity contribution in [2.24, 2.45) is 0 Å². The molecular weight excluding hydrogens is 832 g/mol. The van der Waals surface area contributed by atoms with Gasteiger partial charge in [0.2, 0.25) is 0 Å². The van der Waals surface area contributed by atoms with Crippen molar-refractivity contribution in [3.8, 4) is 28.3 Å². The molecule has 1 aliphatic heterocycles. The molecule has 4 aromatic carbocycles. The van der Waals surface area contributed by atoms with Crippen LogP contribution in [0.1, 0.15) is 50.2 Å². The summed E-state index contributed by atoms with van der Waals surface area (Å²) in [5, 5.41) is 0. The van der Waals surface area contributed by atoms with Crippen LogP contribution in [0.5, 0.6) is 5.75 Å². The number of nitrogens with zero attached hydrogens (tertiary/aromatic N) is 2. The SMILES string of the molecule is CC1(C)c2[c-]c(cc(SOOc3ccccc3)c2)-c2cccc(n2)C(C)(C)c2cccc(n2)-c2[c-]c1cc(S(=O)(=O)c1ccccc1)c2.[Pt+2]. The van der Waals surface area contributed by atoms with Gasteiger partial charge in [-0.15, -0.1) is 63.0 Å². The molecule has 0 amide bonds. The number of rotatable bonds is 6. The van der Waals surface area contributed by atoms with Gasteiger partial charge in [-0.1, -0.05) is 74.5 Å². The molecule has 0 radical (unpaired) electrons. The van der Waals surface area contributed by atoms with Gasteiger partial charge in [-0.3, -0.25) is 0 Å². The Kier molecular flexibility index (Phi) is 9.71. The average molecular weight is 864 g/mol. The Bertz CT molecular complexity index is 2240. The molecule has 0 saturated carbocycles. The summed E-state index contributed by atoms with van der Waals surface area (Å²) < 4.78 is 33.8. The van der Waals surface area contributed by atoms with E-state index in [0.29, 0.717) is 22.6 Å². The second-order valence-corrected chi connectivity index (χ2v) is 15.4. The van der Waals surface area contributed by atoms with Crippen LogP contribution >= 0.6 is 12.0 Å². The van der Waals surface area contributed by atoms with Gasteiger partial charge in [-0.2, -0.15) is 0 Å². The first-order valence-corrected chi connectivity index (χ1v) is 17.7. The van der Waals surface area contributed by atoms with Crippen molar-refractivity contribution in [3.05, 3.63) is 156 Å². The standard InChI is InChI=1S/C40H32N2O4S2.Pt/c1-39(2)29-21-27(23-32(25-29)47-46-45-31-13-7-5-8-14-31)35-17-11-19-37(41-35)40(3,4)38-20-12-18-36(42-38)28-22-30(39)26-34(24-28)48(43,44)33-15-9-6-10-16-33;/h5-20,23-26H,1-4H3;/q-2;+2. The van der Waals surface area contributed by atoms with Gasteiger partial charge in [0.25, 0.3) is 0 Å². The third-order valence-corrected chi connectivity index (χ3v) is 11.0. The van der Waals surface area contributed by atoms with Crippen LogP contribution in [-0.4, -0.2) is 18.4 Å². The third-order valence-electron chi connectivity index (χ3n) is 8.73. The van der Waals surface area contributed by atoms with Gasteiger partial charge in [0.15, 0.2) is 15.6 Å². The second kappa shape index (κ2) is 13.7. The van der Waals surface area contributed by atoms with E-state index >= 15 is 0 Å². The molecule has 0 N–H and O–H groups in total. The number of para-hydroxylation sites is 1. The molecule has 3 heterocycles. The van der Waals surface area contributed by atoms with E-state index in [1.807, 2.05) is 92.7 Å². The van der Waals surface area contributed by atoms with E-state index in [1.54, 1.807) is 42.5 Å². The van der Waals surface area contributed by atoms with Crippen molar-refractivity contribution in [1.82, 2.24) is 9.97 Å². The van der Waals surface area contributed by atoms with Crippen molar-refractivity contribution in [2.75, 3.05) is 0 Å². The summed E-state index contributed by atoms with van der Waals surface area (Å²) in [6, 6.07) is 44.1. The van der Waals surface area contributed by atoms with E-state index < -0.39 is 20.7 Å². The number of fused-ring (bicyclic) bond motifs is 10. The Hall–Kier alpha value is -4.07. The molecule has 49 heavy (non-hydrogen) atoms. The molecular formula is C40H32N2O4PtS2. The minimum absolute atomic E-state index is 0. The normalized spacial score (nSPS) is 14.2. The predicted octanol–water partition coefficient (Wildman–Crippen LogP) is 9.22. The van der Waals surface area contributed by atoms with Crippen LogP contribution in [0.25, 0.3) is 22.5 Å². The minimum Gasteiger partial charge on any atom is -0.325 e. The average Bonchev–Trinajstić information content (AvgIpc) is 3.12. The van der Waals surface area contributed by atoms with Crippen molar-refractivity contribution >= 4 is 21.9 Å². The zero-order valence-corrected chi connectivity index (χ0v) is 31.1. The summed E-state index contributed by atoms with van der Waals surface area (Å²) in [6.07, 6.45) is 0. The molecule has 0 atom stereocenters. The van der Waals surface area contributed by atoms with E-state index in [-0.39, 0.29) is 30.9 Å². The van der Waals surface area contributed by atoms with Crippen LogP contribution in [0.2, 0.25) is 0 Å². The molecule has 6 aromatic rings. The largest absolute Gasteiger partial charge is 2.00 e. The minimum atomic E-state index is -3.87. The van der Waals surface area contributed by atoms with Crippen molar-refractivity contribution in [3.63, 3.8) is 0 Å². The maximum Gasteiger partial charge on any atom is 2.00 e. The number of pyridine rings is 2. The zero-order chi connectivity index (χ0) is 33.5. The summed E-state index contributed by atoms with van der Waals surface area (Å²) in [5.74, 6) is 0.578. The Morgan fingerprint density at radius 1 is 0.612 bits per heavy atom. The summed E-state index contributed by atoms with van der Waals surface area (Å²) in [4.78, 5) is 16.9. The van der Waals surface area contributed by atoms with E-state index in [0.717, 1.165) is 45.1 Å². The van der Waals surface area contributed by atoms with E-state index in [1.165, 1.54) is 0 Å². The van der Waals surface area contributed by atoms with Gasteiger partial charge in [-0.05, 0) is 76.8 Å². The first-order valence-electron chi connectivity index (χ1n) is 15.5. The Labute approximate surface area is 306 Å². The van der Waals surface area contributed by atoms with Crippen LogP contribution in [-0.2, 0) is 46.1 Å². The zero-order valence-electron chi connectivity index (χ0n) is 27.2. The van der Waals surface area contributed by atoms with Gasteiger partial charge < -0.3 is 14.9 Å². The number of sulfone groups is 1. The fourth-order valence-corrected chi connectivity index (χ4v) is 7.55. The molecule has 0 unspecified atom stereocenters. The van der Waals surface area contributed by atoms with Gasteiger partial charge in [0.1, 0.15) is 0 Å². The predicted molar refractivity (Wildman–Crippen MR) is 187 cm³/mol. The van der Waals surface area contributed by atoms with E-state index in [9.17, 15) is 8.42 Å². The number of benzene rings is 4. The van der Waals surface area contributed by atoms with Gasteiger partial charge in [-0.25, -0.2) is 8.42 Å². The van der Waals surface area contributed by atoms with Crippen LogP contribution in [0.15, 0.2) is 136 Å². The summed E-state index contributed by atoms with van der Waals surface area (Å²) in [5.41, 5.74) is 4.47.